The Morgan fingerprint density at radius 2 is 1.76 bits per heavy atom. The number of nitrogens with zero attached hydrogens (tertiary/aromatic N) is 3. The Hall–Kier alpha value is -3.31. The average molecular weight is 479 g/mol. The lowest BCUT2D eigenvalue weighted by molar-refractivity contribution is -0.134. The Morgan fingerprint density at radius 1 is 1.12 bits per heavy atom. The lowest BCUT2D eigenvalue weighted by Crippen LogP contribution is -2.47. The van der Waals surface area contributed by atoms with Crippen LogP contribution in [-0.4, -0.2) is 71.0 Å². The molecule has 11 heteroatoms. The van der Waals surface area contributed by atoms with Gasteiger partial charge in [0, 0.05) is 49.3 Å². The Balaban J connectivity index is 0.000000331. The van der Waals surface area contributed by atoms with E-state index in [0.29, 0.717) is 17.8 Å². The van der Waals surface area contributed by atoms with Crippen molar-refractivity contribution in [3.05, 3.63) is 52.4 Å². The molecule has 176 valence electrons. The second-order valence-corrected chi connectivity index (χ2v) is 8.59. The number of halogens is 2. The van der Waals surface area contributed by atoms with Crippen molar-refractivity contribution < 1.29 is 28.6 Å². The van der Waals surface area contributed by atoms with Gasteiger partial charge in [-0.1, -0.05) is 6.92 Å². The van der Waals surface area contributed by atoms with Gasteiger partial charge in [-0.3, -0.25) is 0 Å². The van der Waals surface area contributed by atoms with Crippen molar-refractivity contribution in [1.29, 1.82) is 0 Å². The Kier molecular flexibility index (Phi) is 7.77. The predicted octanol–water partition coefficient (Wildman–Crippen LogP) is 3.68. The van der Waals surface area contributed by atoms with E-state index in [4.69, 9.17) is 10.2 Å². The van der Waals surface area contributed by atoms with Gasteiger partial charge in [-0.05, 0) is 25.6 Å². The van der Waals surface area contributed by atoms with Gasteiger partial charge >= 0.3 is 11.9 Å². The minimum atomic E-state index is -1.26. The first-order valence-electron chi connectivity index (χ1n) is 10.2. The summed E-state index contributed by atoms with van der Waals surface area (Å²) in [5, 5.41) is 19.7. The number of thiophene rings is 1. The van der Waals surface area contributed by atoms with E-state index < -0.39 is 23.6 Å². The molecule has 3 N–H and O–H groups in total. The summed E-state index contributed by atoms with van der Waals surface area (Å²) >= 11 is 1.62. The number of benzene rings is 1. The first kappa shape index (κ1) is 24.3. The monoisotopic (exact) mass is 478 g/mol. The summed E-state index contributed by atoms with van der Waals surface area (Å²) < 4.78 is 28.1. The molecule has 1 saturated heterocycles. The second kappa shape index (κ2) is 10.5. The van der Waals surface area contributed by atoms with Crippen molar-refractivity contribution in [1.82, 2.24) is 9.80 Å². The van der Waals surface area contributed by atoms with Gasteiger partial charge in [0.15, 0.2) is 5.82 Å². The molecule has 2 aromatic rings. The Labute approximate surface area is 193 Å². The molecule has 0 saturated carbocycles. The van der Waals surface area contributed by atoms with Crippen LogP contribution < -0.4 is 5.32 Å². The molecule has 4 rings (SSSR count). The van der Waals surface area contributed by atoms with Crippen LogP contribution in [0.1, 0.15) is 17.4 Å². The molecule has 0 unspecified atom stereocenters. The van der Waals surface area contributed by atoms with E-state index in [1.807, 2.05) is 0 Å². The minimum absolute atomic E-state index is 0.178. The molecule has 2 aliphatic heterocycles. The van der Waals surface area contributed by atoms with E-state index in [2.05, 4.69) is 40.1 Å². The third-order valence-electron chi connectivity index (χ3n) is 5.04. The lowest BCUT2D eigenvalue weighted by Gasteiger charge is -2.34. The van der Waals surface area contributed by atoms with Crippen molar-refractivity contribution in [3.63, 3.8) is 0 Å². The Bertz CT molecular complexity index is 1090. The van der Waals surface area contributed by atoms with E-state index in [-0.39, 0.29) is 5.69 Å². The zero-order valence-electron chi connectivity index (χ0n) is 18.1. The molecule has 0 bridgehead atoms. The predicted molar refractivity (Wildman–Crippen MR) is 123 cm³/mol. The van der Waals surface area contributed by atoms with Gasteiger partial charge in [-0.25, -0.2) is 23.4 Å². The minimum Gasteiger partial charge on any atom is -0.478 e. The summed E-state index contributed by atoms with van der Waals surface area (Å²) in [5.74, 6) is -2.98. The van der Waals surface area contributed by atoms with Gasteiger partial charge in [0.25, 0.3) is 0 Å². The van der Waals surface area contributed by atoms with Crippen LogP contribution >= 0.6 is 11.3 Å². The number of hydrogen-bond acceptors (Lipinski definition) is 7. The molecule has 0 amide bonds. The van der Waals surface area contributed by atoms with E-state index in [1.165, 1.54) is 10.9 Å². The number of nitrogens with one attached hydrogen (secondary N) is 1. The van der Waals surface area contributed by atoms with Crippen molar-refractivity contribution in [2.45, 2.75) is 13.3 Å². The quantitative estimate of drug-likeness (QED) is 0.578. The summed E-state index contributed by atoms with van der Waals surface area (Å²) in [4.78, 5) is 29.4. The van der Waals surface area contributed by atoms with Crippen molar-refractivity contribution >= 4 is 45.5 Å². The lowest BCUT2D eigenvalue weighted by atomic mass is 10.2. The highest BCUT2D eigenvalue weighted by atomic mass is 32.1. The summed E-state index contributed by atoms with van der Waals surface area (Å²) in [6.07, 6.45) is 2.03. The zero-order chi connectivity index (χ0) is 24.1. The van der Waals surface area contributed by atoms with Gasteiger partial charge in [-0.15, -0.1) is 11.3 Å². The molecule has 0 atom stereocenters. The number of anilines is 2. The van der Waals surface area contributed by atoms with Gasteiger partial charge in [-0.2, -0.15) is 0 Å². The summed E-state index contributed by atoms with van der Waals surface area (Å²) in [5.41, 5.74) is 1.53. The summed E-state index contributed by atoms with van der Waals surface area (Å²) in [6.45, 7) is 5.65. The standard InChI is InChI=1S/C18H20F2N4S.C4H4O4/c1-3-12-10-13-17(24-6-4-23(2)5-7-24)22-16-14(20)8-11(19)9-15(16)21-18(13)25-12;5-3(6)1-2-4(7)8/h8-10,21H,3-7H2,1-2H3;1-2H,(H,5,6)(H,7,8)/b;2-1+. The van der Waals surface area contributed by atoms with Crippen molar-refractivity contribution in [2.75, 3.05) is 38.5 Å². The number of likely N-dealkylation sites (N-methyl/N-ethyl adjacent to an activating group) is 1. The van der Waals surface area contributed by atoms with Crippen LogP contribution in [0.3, 0.4) is 0 Å². The maximum Gasteiger partial charge on any atom is 0.328 e. The average Bonchev–Trinajstić information content (AvgIpc) is 3.09. The normalized spacial score (nSPS) is 15.5. The molecule has 0 spiro atoms. The van der Waals surface area contributed by atoms with Crippen molar-refractivity contribution in [2.24, 2.45) is 4.99 Å². The first-order chi connectivity index (χ1) is 15.7. The number of carbonyl (C=O) groups is 2. The Morgan fingerprint density at radius 3 is 2.33 bits per heavy atom. The topological polar surface area (TPSA) is 105 Å². The molecule has 3 heterocycles. The van der Waals surface area contributed by atoms with E-state index in [9.17, 15) is 18.4 Å². The van der Waals surface area contributed by atoms with E-state index in [0.717, 1.165) is 55.1 Å². The fourth-order valence-corrected chi connectivity index (χ4v) is 4.34. The molecule has 0 radical (unpaired) electrons. The van der Waals surface area contributed by atoms with Gasteiger partial charge in [0.1, 0.15) is 22.3 Å². The van der Waals surface area contributed by atoms with Crippen LogP contribution in [0.2, 0.25) is 0 Å². The third kappa shape index (κ3) is 6.14. The molecule has 8 nitrogen and oxygen atoms in total. The van der Waals surface area contributed by atoms with Crippen LogP contribution in [0.5, 0.6) is 0 Å². The van der Waals surface area contributed by atoms with Crippen LogP contribution in [0.25, 0.3) is 0 Å². The van der Waals surface area contributed by atoms with Crippen LogP contribution in [0.4, 0.5) is 25.2 Å². The SMILES string of the molecule is CCc1cc2c(s1)Nc1cc(F)cc(F)c1N=C2N1CCN(C)CC1.O=C(O)/C=C/C(=O)O. The van der Waals surface area contributed by atoms with Crippen LogP contribution in [0, 0.1) is 11.6 Å². The van der Waals surface area contributed by atoms with Crippen LogP contribution in [-0.2, 0) is 16.0 Å². The number of aliphatic imine (C=N–C) groups is 1. The van der Waals surface area contributed by atoms with Crippen molar-refractivity contribution in [3.8, 4) is 0 Å². The number of aliphatic carboxylic acids is 2. The van der Waals surface area contributed by atoms with Crippen LogP contribution in [0.15, 0.2) is 35.3 Å². The number of carboxylic acids is 2. The summed E-state index contributed by atoms with van der Waals surface area (Å²) in [6, 6.07) is 4.32. The smallest absolute Gasteiger partial charge is 0.328 e. The highest BCUT2D eigenvalue weighted by Crippen LogP contribution is 2.41. The largest absolute Gasteiger partial charge is 0.478 e. The molecule has 2 aliphatic rings. The highest BCUT2D eigenvalue weighted by Gasteiger charge is 2.27. The highest BCUT2D eigenvalue weighted by molar-refractivity contribution is 7.16. The van der Waals surface area contributed by atoms with Gasteiger partial charge in [0.05, 0.1) is 11.3 Å². The number of aryl methyl sites for hydroxylation is 1. The fraction of sp³-hybridized carbons (Fsp3) is 0.318. The fourth-order valence-electron chi connectivity index (χ4n) is 3.34. The number of piperazine rings is 1. The number of carboxylic acid groups (broad SMARTS) is 2. The molecule has 1 aromatic carbocycles. The van der Waals surface area contributed by atoms with Gasteiger partial charge < -0.3 is 25.3 Å². The third-order valence-corrected chi connectivity index (χ3v) is 6.23. The maximum atomic E-state index is 14.4. The number of amidine groups is 1. The van der Waals surface area contributed by atoms with E-state index in [1.54, 1.807) is 11.3 Å². The number of hydrogen-bond donors (Lipinski definition) is 3. The first-order valence-corrected chi connectivity index (χ1v) is 11.0. The maximum absolute atomic E-state index is 14.4. The molecular formula is C22H24F2N4O4S. The second-order valence-electron chi connectivity index (χ2n) is 7.45. The summed E-state index contributed by atoms with van der Waals surface area (Å²) in [7, 11) is 2.09. The molecule has 33 heavy (non-hydrogen) atoms. The van der Waals surface area contributed by atoms with E-state index >= 15 is 0 Å². The molecular weight excluding hydrogens is 454 g/mol. The number of rotatable bonds is 3. The molecule has 0 aliphatic carbocycles. The molecule has 1 aromatic heterocycles. The molecule has 1 fully saturated rings. The van der Waals surface area contributed by atoms with Gasteiger partial charge in [0.2, 0.25) is 0 Å². The number of fused-ring (bicyclic) bond motifs is 2. The zero-order valence-corrected chi connectivity index (χ0v) is 19.0.